The average Bonchev–Trinajstić information content (AvgIpc) is 2.15. The molecule has 17 heavy (non-hydrogen) atoms. The van der Waals surface area contributed by atoms with Gasteiger partial charge >= 0.3 is 6.09 Å². The summed E-state index contributed by atoms with van der Waals surface area (Å²) in [5, 5.41) is 2.41. The van der Waals surface area contributed by atoms with Gasteiger partial charge in [0.1, 0.15) is 11.4 Å². The first-order chi connectivity index (χ1) is 7.78. The van der Waals surface area contributed by atoms with Crippen LogP contribution in [0, 0.1) is 0 Å². The predicted octanol–water partition coefficient (Wildman–Crippen LogP) is 2.01. The van der Waals surface area contributed by atoms with Crippen LogP contribution in [0.4, 0.5) is 10.6 Å². The maximum Gasteiger partial charge on any atom is 0.413 e. The van der Waals surface area contributed by atoms with Crippen molar-refractivity contribution in [2.24, 2.45) is 0 Å². The zero-order valence-electron chi connectivity index (χ0n) is 9.76. The summed E-state index contributed by atoms with van der Waals surface area (Å²) in [4.78, 5) is 15.3. The van der Waals surface area contributed by atoms with Crippen LogP contribution in [0.15, 0.2) is 23.2 Å². The van der Waals surface area contributed by atoms with E-state index in [1.807, 2.05) is 0 Å². The SMILES string of the molecule is CC(C)(C)OC(=O)Nc1ccc(S(=O)O)cn1. The lowest BCUT2D eigenvalue weighted by molar-refractivity contribution is 0.0635. The molecule has 0 bridgehead atoms. The molecule has 1 heterocycles. The molecule has 1 unspecified atom stereocenters. The second-order valence-corrected chi connectivity index (χ2v) is 5.22. The number of pyridine rings is 1. The van der Waals surface area contributed by atoms with Crippen LogP contribution in [0.3, 0.4) is 0 Å². The van der Waals surface area contributed by atoms with Gasteiger partial charge in [-0.05, 0) is 32.9 Å². The monoisotopic (exact) mass is 258 g/mol. The van der Waals surface area contributed by atoms with Crippen LogP contribution in [0.25, 0.3) is 0 Å². The molecule has 2 N–H and O–H groups in total. The summed E-state index contributed by atoms with van der Waals surface area (Å²) < 4.78 is 24.5. The Kier molecular flexibility index (Phi) is 4.19. The van der Waals surface area contributed by atoms with Crippen molar-refractivity contribution in [3.05, 3.63) is 18.3 Å². The van der Waals surface area contributed by atoms with E-state index < -0.39 is 22.8 Å². The molecule has 1 amide bonds. The van der Waals surface area contributed by atoms with E-state index in [4.69, 9.17) is 9.29 Å². The predicted molar refractivity (Wildman–Crippen MR) is 63.1 cm³/mol. The number of hydrogen-bond donors (Lipinski definition) is 2. The number of hydrogen-bond acceptors (Lipinski definition) is 4. The Morgan fingerprint density at radius 3 is 2.53 bits per heavy atom. The van der Waals surface area contributed by atoms with Crippen LogP contribution in [-0.2, 0) is 15.8 Å². The lowest BCUT2D eigenvalue weighted by Gasteiger charge is -2.19. The van der Waals surface area contributed by atoms with Crippen LogP contribution in [-0.4, -0.2) is 25.4 Å². The van der Waals surface area contributed by atoms with E-state index in [2.05, 4.69) is 10.3 Å². The van der Waals surface area contributed by atoms with E-state index in [9.17, 15) is 9.00 Å². The fourth-order valence-corrected chi connectivity index (χ4v) is 1.29. The number of anilines is 1. The molecular formula is C10H14N2O4S. The minimum absolute atomic E-state index is 0.166. The van der Waals surface area contributed by atoms with Crippen molar-refractivity contribution >= 4 is 23.0 Å². The van der Waals surface area contributed by atoms with Crippen molar-refractivity contribution < 1.29 is 18.3 Å². The average molecular weight is 258 g/mol. The van der Waals surface area contributed by atoms with Crippen molar-refractivity contribution in [1.29, 1.82) is 0 Å². The molecule has 0 fully saturated rings. The number of aromatic nitrogens is 1. The third-order valence-corrected chi connectivity index (χ3v) is 2.21. The Labute approximate surface area is 102 Å². The number of ether oxygens (including phenoxy) is 1. The molecule has 0 radical (unpaired) electrons. The summed E-state index contributed by atoms with van der Waals surface area (Å²) in [5.41, 5.74) is -0.587. The number of carbonyl (C=O) groups is 1. The highest BCUT2D eigenvalue weighted by Crippen LogP contribution is 2.11. The topological polar surface area (TPSA) is 88.5 Å². The van der Waals surface area contributed by atoms with Crippen LogP contribution in [0.2, 0.25) is 0 Å². The molecule has 0 aliphatic rings. The molecule has 0 saturated carbocycles. The molecule has 0 aromatic carbocycles. The molecule has 6 nitrogen and oxygen atoms in total. The molecular weight excluding hydrogens is 244 g/mol. The van der Waals surface area contributed by atoms with Gasteiger partial charge in [-0.25, -0.2) is 14.0 Å². The van der Waals surface area contributed by atoms with Gasteiger partial charge in [-0.2, -0.15) is 0 Å². The van der Waals surface area contributed by atoms with E-state index in [1.165, 1.54) is 18.3 Å². The zero-order chi connectivity index (χ0) is 13.1. The standard InChI is InChI=1S/C10H14N2O4S/c1-10(2,3)16-9(13)12-8-5-4-7(6-11-8)17(14)15/h4-6H,1-3H3,(H,14,15)(H,11,12,13). The van der Waals surface area contributed by atoms with Crippen molar-refractivity contribution in [1.82, 2.24) is 4.98 Å². The number of nitrogens with zero attached hydrogens (tertiary/aromatic N) is 1. The lowest BCUT2D eigenvalue weighted by Crippen LogP contribution is -2.27. The van der Waals surface area contributed by atoms with Crippen molar-refractivity contribution in [3.63, 3.8) is 0 Å². The summed E-state index contributed by atoms with van der Waals surface area (Å²) in [6, 6.07) is 2.82. The van der Waals surface area contributed by atoms with Crippen molar-refractivity contribution in [3.8, 4) is 0 Å². The van der Waals surface area contributed by atoms with Gasteiger partial charge < -0.3 is 9.29 Å². The highest BCUT2D eigenvalue weighted by atomic mass is 32.2. The highest BCUT2D eigenvalue weighted by molar-refractivity contribution is 7.79. The van der Waals surface area contributed by atoms with Crippen molar-refractivity contribution in [2.75, 3.05) is 5.32 Å². The molecule has 0 aliphatic carbocycles. The normalized spacial score (nSPS) is 12.9. The van der Waals surface area contributed by atoms with Gasteiger partial charge in [-0.3, -0.25) is 5.32 Å². The molecule has 1 rings (SSSR count). The minimum atomic E-state index is -2.07. The first kappa shape index (κ1) is 13.6. The number of amides is 1. The summed E-state index contributed by atoms with van der Waals surface area (Å²) in [7, 11) is 0. The Balaban J connectivity index is 2.64. The Hall–Kier alpha value is -1.47. The van der Waals surface area contributed by atoms with Crippen LogP contribution < -0.4 is 5.32 Å². The van der Waals surface area contributed by atoms with Crippen LogP contribution >= 0.6 is 0 Å². The van der Waals surface area contributed by atoms with Gasteiger partial charge in [0, 0.05) is 6.20 Å². The molecule has 0 aliphatic heterocycles. The number of rotatable bonds is 2. The third-order valence-electron chi connectivity index (χ3n) is 1.57. The number of carbonyl (C=O) groups excluding carboxylic acids is 1. The van der Waals surface area contributed by atoms with E-state index >= 15 is 0 Å². The van der Waals surface area contributed by atoms with Gasteiger partial charge in [0.15, 0.2) is 11.1 Å². The maximum atomic E-state index is 11.4. The molecule has 7 heteroatoms. The van der Waals surface area contributed by atoms with Crippen LogP contribution in [0.1, 0.15) is 20.8 Å². The van der Waals surface area contributed by atoms with Gasteiger partial charge in [0.25, 0.3) is 0 Å². The quantitative estimate of drug-likeness (QED) is 0.792. The summed E-state index contributed by atoms with van der Waals surface area (Å²) >= 11 is -2.07. The Bertz CT molecular complexity index is 425. The first-order valence-corrected chi connectivity index (χ1v) is 5.95. The molecule has 1 atom stereocenters. The van der Waals surface area contributed by atoms with Gasteiger partial charge in [0.05, 0.1) is 4.90 Å². The second-order valence-electron chi connectivity index (χ2n) is 4.26. The fourth-order valence-electron chi connectivity index (χ4n) is 0.966. The van der Waals surface area contributed by atoms with Crippen LogP contribution in [0.5, 0.6) is 0 Å². The summed E-state index contributed by atoms with van der Waals surface area (Å²) in [5.74, 6) is 0.258. The minimum Gasteiger partial charge on any atom is -0.444 e. The second kappa shape index (κ2) is 5.24. The smallest absolute Gasteiger partial charge is 0.413 e. The van der Waals surface area contributed by atoms with E-state index in [-0.39, 0.29) is 10.7 Å². The molecule has 1 aromatic rings. The summed E-state index contributed by atoms with van der Waals surface area (Å²) in [6.45, 7) is 5.24. The molecule has 94 valence electrons. The highest BCUT2D eigenvalue weighted by Gasteiger charge is 2.16. The van der Waals surface area contributed by atoms with E-state index in [0.717, 1.165) is 0 Å². The Morgan fingerprint density at radius 1 is 1.47 bits per heavy atom. The number of nitrogens with one attached hydrogen (secondary N) is 1. The first-order valence-electron chi connectivity index (χ1n) is 4.85. The molecule has 0 spiro atoms. The molecule has 0 saturated heterocycles. The van der Waals surface area contributed by atoms with E-state index in [1.54, 1.807) is 20.8 Å². The maximum absolute atomic E-state index is 11.4. The van der Waals surface area contributed by atoms with Gasteiger partial charge in [0.2, 0.25) is 0 Å². The molecule has 1 aromatic heterocycles. The lowest BCUT2D eigenvalue weighted by atomic mass is 10.2. The Morgan fingerprint density at radius 2 is 2.12 bits per heavy atom. The van der Waals surface area contributed by atoms with E-state index in [0.29, 0.717) is 0 Å². The fraction of sp³-hybridized carbons (Fsp3) is 0.400. The van der Waals surface area contributed by atoms with Gasteiger partial charge in [-0.1, -0.05) is 0 Å². The zero-order valence-corrected chi connectivity index (χ0v) is 10.6. The largest absolute Gasteiger partial charge is 0.444 e. The van der Waals surface area contributed by atoms with Gasteiger partial charge in [-0.15, -0.1) is 0 Å². The summed E-state index contributed by atoms with van der Waals surface area (Å²) in [6.07, 6.45) is 0.589. The third kappa shape index (κ3) is 4.92. The van der Waals surface area contributed by atoms with Crippen molar-refractivity contribution in [2.45, 2.75) is 31.3 Å².